The average molecular weight is 332 g/mol. The lowest BCUT2D eigenvalue weighted by molar-refractivity contribution is 0.580. The molecule has 0 atom stereocenters. The third kappa shape index (κ3) is 3.21. The Labute approximate surface area is 138 Å². The van der Waals surface area contributed by atoms with Crippen molar-refractivity contribution in [3.63, 3.8) is 0 Å². The van der Waals surface area contributed by atoms with E-state index < -0.39 is 10.0 Å². The summed E-state index contributed by atoms with van der Waals surface area (Å²) in [6, 6.07) is 8.12. The van der Waals surface area contributed by atoms with Crippen LogP contribution in [-0.2, 0) is 16.6 Å². The van der Waals surface area contributed by atoms with E-state index >= 15 is 0 Å². The average Bonchev–Trinajstić information content (AvgIpc) is 3.23. The molecule has 1 fully saturated rings. The summed E-state index contributed by atoms with van der Waals surface area (Å²) in [5.41, 5.74) is 5.29. The SMILES string of the molecule is Cc1ccc(S(=O)(=O)NCc2cc(C)n(C3CC3)c2C)c(C)c1. The Bertz CT molecular complexity index is 846. The molecule has 1 N–H and O–H groups in total. The molecule has 0 amide bonds. The molecule has 1 aromatic carbocycles. The Morgan fingerprint density at radius 3 is 2.43 bits per heavy atom. The van der Waals surface area contributed by atoms with Gasteiger partial charge in [0.15, 0.2) is 0 Å². The van der Waals surface area contributed by atoms with Crippen molar-refractivity contribution in [3.8, 4) is 0 Å². The second-order valence-corrected chi connectivity index (χ2v) is 8.33. The van der Waals surface area contributed by atoms with Crippen molar-refractivity contribution < 1.29 is 8.42 Å². The van der Waals surface area contributed by atoms with Gasteiger partial charge in [0.25, 0.3) is 0 Å². The zero-order chi connectivity index (χ0) is 16.8. The Morgan fingerprint density at radius 2 is 1.83 bits per heavy atom. The van der Waals surface area contributed by atoms with E-state index in [0.29, 0.717) is 17.5 Å². The first-order valence-corrected chi connectivity index (χ1v) is 9.52. The minimum atomic E-state index is -3.49. The van der Waals surface area contributed by atoms with Crippen molar-refractivity contribution in [2.75, 3.05) is 0 Å². The van der Waals surface area contributed by atoms with Gasteiger partial charge in [-0.3, -0.25) is 0 Å². The van der Waals surface area contributed by atoms with Crippen molar-refractivity contribution in [3.05, 3.63) is 52.3 Å². The van der Waals surface area contributed by atoms with Gasteiger partial charge < -0.3 is 4.57 Å². The van der Waals surface area contributed by atoms with Crippen LogP contribution in [0.3, 0.4) is 0 Å². The largest absolute Gasteiger partial charge is 0.346 e. The van der Waals surface area contributed by atoms with Crippen LogP contribution in [0.4, 0.5) is 0 Å². The van der Waals surface area contributed by atoms with Crippen molar-refractivity contribution in [1.82, 2.24) is 9.29 Å². The fourth-order valence-electron chi connectivity index (χ4n) is 3.27. The van der Waals surface area contributed by atoms with Crippen molar-refractivity contribution in [2.45, 2.75) is 58.0 Å². The number of nitrogens with zero attached hydrogens (tertiary/aromatic N) is 1. The molecule has 1 aliphatic carbocycles. The summed E-state index contributed by atoms with van der Waals surface area (Å²) in [4.78, 5) is 0.360. The van der Waals surface area contributed by atoms with E-state index in [-0.39, 0.29) is 0 Å². The van der Waals surface area contributed by atoms with Gasteiger partial charge >= 0.3 is 0 Å². The van der Waals surface area contributed by atoms with E-state index in [1.54, 1.807) is 6.07 Å². The van der Waals surface area contributed by atoms with E-state index in [1.165, 1.54) is 24.2 Å². The molecule has 5 heteroatoms. The fourth-order valence-corrected chi connectivity index (χ4v) is 4.50. The van der Waals surface area contributed by atoms with Crippen LogP contribution in [0.5, 0.6) is 0 Å². The van der Waals surface area contributed by atoms with Gasteiger partial charge in [-0.05, 0) is 63.8 Å². The monoisotopic (exact) mass is 332 g/mol. The topological polar surface area (TPSA) is 51.1 Å². The third-order valence-electron chi connectivity index (χ3n) is 4.57. The molecule has 1 heterocycles. The van der Waals surface area contributed by atoms with Gasteiger partial charge in [0, 0.05) is 24.0 Å². The quantitative estimate of drug-likeness (QED) is 0.910. The van der Waals surface area contributed by atoms with E-state index in [9.17, 15) is 8.42 Å². The highest BCUT2D eigenvalue weighted by Gasteiger charge is 2.27. The van der Waals surface area contributed by atoms with Gasteiger partial charge in [-0.25, -0.2) is 13.1 Å². The molecule has 23 heavy (non-hydrogen) atoms. The zero-order valence-electron chi connectivity index (χ0n) is 14.2. The van der Waals surface area contributed by atoms with Crippen molar-refractivity contribution >= 4 is 10.0 Å². The van der Waals surface area contributed by atoms with E-state index in [1.807, 2.05) is 26.0 Å². The molecule has 2 aromatic rings. The zero-order valence-corrected chi connectivity index (χ0v) is 15.0. The van der Waals surface area contributed by atoms with Gasteiger partial charge in [-0.2, -0.15) is 0 Å². The van der Waals surface area contributed by atoms with E-state index in [4.69, 9.17) is 0 Å². The maximum absolute atomic E-state index is 12.6. The molecule has 1 saturated carbocycles. The number of benzene rings is 1. The summed E-state index contributed by atoms with van der Waals surface area (Å²) in [5.74, 6) is 0. The molecular weight excluding hydrogens is 308 g/mol. The van der Waals surface area contributed by atoms with E-state index in [0.717, 1.165) is 16.7 Å². The number of sulfonamides is 1. The molecule has 0 aliphatic heterocycles. The summed E-state index contributed by atoms with van der Waals surface area (Å²) in [7, 11) is -3.49. The first-order valence-electron chi connectivity index (χ1n) is 8.04. The molecule has 124 valence electrons. The van der Waals surface area contributed by atoms with Crippen LogP contribution in [0.2, 0.25) is 0 Å². The molecule has 0 bridgehead atoms. The van der Waals surface area contributed by atoms with E-state index in [2.05, 4.69) is 29.2 Å². The molecule has 1 aliphatic rings. The predicted octanol–water partition coefficient (Wildman–Crippen LogP) is 3.54. The van der Waals surface area contributed by atoms with Crippen molar-refractivity contribution in [2.24, 2.45) is 0 Å². The van der Waals surface area contributed by atoms with Gasteiger partial charge in [0.05, 0.1) is 4.90 Å². The predicted molar refractivity (Wildman–Crippen MR) is 92.1 cm³/mol. The van der Waals surface area contributed by atoms with Crippen LogP contribution in [-0.4, -0.2) is 13.0 Å². The van der Waals surface area contributed by atoms with Crippen LogP contribution in [0.15, 0.2) is 29.2 Å². The lowest BCUT2D eigenvalue weighted by Gasteiger charge is -2.11. The second-order valence-electron chi connectivity index (χ2n) is 6.59. The first kappa shape index (κ1) is 16.3. The summed E-state index contributed by atoms with van der Waals surface area (Å²) >= 11 is 0. The molecule has 3 rings (SSSR count). The smallest absolute Gasteiger partial charge is 0.241 e. The Morgan fingerprint density at radius 1 is 1.13 bits per heavy atom. The van der Waals surface area contributed by atoms with Crippen molar-refractivity contribution in [1.29, 1.82) is 0 Å². The summed E-state index contributed by atoms with van der Waals surface area (Å²) < 4.78 is 30.2. The lowest BCUT2D eigenvalue weighted by atomic mass is 10.2. The maximum atomic E-state index is 12.6. The normalized spacial score (nSPS) is 15.1. The molecule has 1 aromatic heterocycles. The highest BCUT2D eigenvalue weighted by molar-refractivity contribution is 7.89. The summed E-state index contributed by atoms with van der Waals surface area (Å²) in [6.07, 6.45) is 2.45. The van der Waals surface area contributed by atoms with Crippen LogP contribution < -0.4 is 4.72 Å². The van der Waals surface area contributed by atoms with Gasteiger partial charge in [-0.15, -0.1) is 0 Å². The fraction of sp³-hybridized carbons (Fsp3) is 0.444. The molecule has 0 spiro atoms. The van der Waals surface area contributed by atoms with Gasteiger partial charge in [0.1, 0.15) is 0 Å². The molecule has 0 unspecified atom stereocenters. The molecule has 0 saturated heterocycles. The van der Waals surface area contributed by atoms with Crippen LogP contribution in [0, 0.1) is 27.7 Å². The Kier molecular flexibility index (Phi) is 4.10. The van der Waals surface area contributed by atoms with Crippen LogP contribution >= 0.6 is 0 Å². The summed E-state index contributed by atoms with van der Waals surface area (Å²) in [6.45, 7) is 8.30. The number of hydrogen-bond acceptors (Lipinski definition) is 2. The molecule has 0 radical (unpaired) electrons. The maximum Gasteiger partial charge on any atom is 0.241 e. The Balaban J connectivity index is 1.81. The number of aryl methyl sites for hydroxylation is 3. The standard InChI is InChI=1S/C18H24N2O2S/c1-12-5-8-18(13(2)9-12)23(21,22)19-11-16-10-14(3)20(15(16)4)17-6-7-17/h5,8-10,17,19H,6-7,11H2,1-4H3. The van der Waals surface area contributed by atoms with Crippen LogP contribution in [0.1, 0.15) is 47.0 Å². The third-order valence-corrected chi connectivity index (χ3v) is 6.14. The number of aromatic nitrogens is 1. The van der Waals surface area contributed by atoms with Gasteiger partial charge in [-0.1, -0.05) is 17.7 Å². The lowest BCUT2D eigenvalue weighted by Crippen LogP contribution is -2.24. The first-order chi connectivity index (χ1) is 10.8. The Hall–Kier alpha value is -1.59. The highest BCUT2D eigenvalue weighted by Crippen LogP contribution is 2.38. The highest BCUT2D eigenvalue weighted by atomic mass is 32.2. The second kappa shape index (κ2) is 5.80. The minimum Gasteiger partial charge on any atom is -0.346 e. The number of nitrogens with one attached hydrogen (secondary N) is 1. The summed E-state index contributed by atoms with van der Waals surface area (Å²) in [5, 5.41) is 0. The van der Waals surface area contributed by atoms with Gasteiger partial charge in [0.2, 0.25) is 10.0 Å². The molecular formula is C18H24N2O2S. The van der Waals surface area contributed by atoms with Crippen LogP contribution in [0.25, 0.3) is 0 Å². The molecule has 4 nitrogen and oxygen atoms in total. The number of hydrogen-bond donors (Lipinski definition) is 1. The number of rotatable bonds is 5. The minimum absolute atomic E-state index is 0.335.